The van der Waals surface area contributed by atoms with Gasteiger partial charge in [0.1, 0.15) is 15.9 Å². The van der Waals surface area contributed by atoms with Gasteiger partial charge >= 0.3 is 0 Å². The number of halogens is 2. The lowest BCUT2D eigenvalue weighted by Crippen LogP contribution is -2.26. The highest BCUT2D eigenvalue weighted by Gasteiger charge is 2.26. The molecule has 0 bridgehead atoms. The summed E-state index contributed by atoms with van der Waals surface area (Å²) in [6.07, 6.45) is 0. The van der Waals surface area contributed by atoms with Crippen molar-refractivity contribution in [3.05, 3.63) is 38.7 Å². The lowest BCUT2D eigenvalue weighted by atomic mass is 10.0. The zero-order chi connectivity index (χ0) is 20.7. The maximum Gasteiger partial charge on any atom is 0.262 e. The average Bonchev–Trinajstić information content (AvgIpc) is 3.08. The second-order valence-electron chi connectivity index (χ2n) is 5.78. The number of aliphatic hydroxyl groups excluding tert-OH is 1. The Bertz CT molecular complexity index is 880. The second kappa shape index (κ2) is 10.6. The number of carbonyl (C=O) groups is 1. The van der Waals surface area contributed by atoms with Crippen molar-refractivity contribution in [3.8, 4) is 17.2 Å². The molecular weight excluding hydrogens is 421 g/mol. The number of aliphatic hydroxyl groups is 1. The minimum absolute atomic E-state index is 0.121. The van der Waals surface area contributed by atoms with Gasteiger partial charge in [-0.1, -0.05) is 29.3 Å². The first-order valence-electron chi connectivity index (χ1n) is 8.63. The highest BCUT2D eigenvalue weighted by Crippen LogP contribution is 2.43. The predicted octanol–water partition coefficient (Wildman–Crippen LogP) is 3.79. The largest absolute Gasteiger partial charge is 0.395 e. The molecule has 150 valence electrons. The number of anilines is 1. The first kappa shape index (κ1) is 22.5. The fourth-order valence-corrected chi connectivity index (χ4v) is 4.26. The van der Waals surface area contributed by atoms with Crippen LogP contribution in [0.1, 0.15) is 22.2 Å². The van der Waals surface area contributed by atoms with Crippen molar-refractivity contribution in [2.24, 2.45) is 0 Å². The van der Waals surface area contributed by atoms with Crippen molar-refractivity contribution in [2.75, 3.05) is 44.9 Å². The number of thiophene rings is 1. The molecule has 0 saturated heterocycles. The quantitative estimate of drug-likeness (QED) is 0.617. The maximum atomic E-state index is 12.7. The summed E-state index contributed by atoms with van der Waals surface area (Å²) in [6.45, 7) is 3.64. The molecule has 0 radical (unpaired) electrons. The molecule has 9 heteroatoms. The lowest BCUT2D eigenvalue weighted by Gasteiger charge is -2.21. The molecule has 0 aliphatic rings. The summed E-state index contributed by atoms with van der Waals surface area (Å²) in [4.78, 5) is 15.1. The summed E-state index contributed by atoms with van der Waals surface area (Å²) in [6, 6.07) is 7.25. The molecule has 0 aliphatic carbocycles. The number of nitrogens with one attached hydrogen (secondary N) is 1. The van der Waals surface area contributed by atoms with Crippen LogP contribution < -0.4 is 10.2 Å². The van der Waals surface area contributed by atoms with Crippen molar-refractivity contribution in [1.82, 2.24) is 5.32 Å². The Balaban J connectivity index is 2.66. The van der Waals surface area contributed by atoms with E-state index in [1.54, 1.807) is 25.3 Å². The zero-order valence-electron chi connectivity index (χ0n) is 15.6. The molecule has 0 spiro atoms. The maximum absolute atomic E-state index is 12.7. The number of ether oxygens (including phenoxy) is 1. The van der Waals surface area contributed by atoms with Crippen molar-refractivity contribution in [2.45, 2.75) is 6.92 Å². The standard InChI is InChI=1S/C19H21Cl2N3O3S/c1-3-24(7-9-27-2)19-13(11-22)16(12-4-5-14(20)15(21)10-12)17(28-19)18(26)23-6-8-25/h4-5,10,25H,3,6-9H2,1-2H3,(H,23,26). The molecule has 0 aliphatic heterocycles. The van der Waals surface area contributed by atoms with Crippen LogP contribution in [0.25, 0.3) is 11.1 Å². The summed E-state index contributed by atoms with van der Waals surface area (Å²) in [5, 5.41) is 23.0. The second-order valence-corrected chi connectivity index (χ2v) is 7.59. The summed E-state index contributed by atoms with van der Waals surface area (Å²) >= 11 is 13.4. The molecule has 6 nitrogen and oxygen atoms in total. The third-order valence-electron chi connectivity index (χ3n) is 4.05. The number of hydrogen-bond donors (Lipinski definition) is 2. The number of benzene rings is 1. The van der Waals surface area contributed by atoms with E-state index in [2.05, 4.69) is 11.4 Å². The Hall–Kier alpha value is -1.82. The SMILES string of the molecule is CCN(CCOC)c1sc(C(=O)NCCO)c(-c2ccc(Cl)c(Cl)c2)c1C#N. The van der Waals surface area contributed by atoms with E-state index in [0.717, 1.165) is 0 Å². The summed E-state index contributed by atoms with van der Waals surface area (Å²) in [5.74, 6) is -0.356. The number of amides is 1. The first-order chi connectivity index (χ1) is 13.5. The highest BCUT2D eigenvalue weighted by molar-refractivity contribution is 7.18. The van der Waals surface area contributed by atoms with Crippen LogP contribution in [0.15, 0.2) is 18.2 Å². The van der Waals surface area contributed by atoms with Gasteiger partial charge < -0.3 is 20.1 Å². The average molecular weight is 442 g/mol. The van der Waals surface area contributed by atoms with Gasteiger partial charge in [0.25, 0.3) is 5.91 Å². The van der Waals surface area contributed by atoms with Crippen molar-refractivity contribution in [1.29, 1.82) is 5.26 Å². The predicted molar refractivity (Wildman–Crippen MR) is 114 cm³/mol. The van der Waals surface area contributed by atoms with Crippen LogP contribution in [0.4, 0.5) is 5.00 Å². The van der Waals surface area contributed by atoms with E-state index in [4.69, 9.17) is 33.0 Å². The topological polar surface area (TPSA) is 85.6 Å². The van der Waals surface area contributed by atoms with E-state index in [1.165, 1.54) is 11.3 Å². The number of nitrogens with zero attached hydrogens (tertiary/aromatic N) is 2. The van der Waals surface area contributed by atoms with E-state index in [-0.39, 0.29) is 19.1 Å². The van der Waals surface area contributed by atoms with Crippen LogP contribution in [-0.4, -0.2) is 51.0 Å². The zero-order valence-corrected chi connectivity index (χ0v) is 17.9. The number of methoxy groups -OCH3 is 1. The minimum Gasteiger partial charge on any atom is -0.395 e. The smallest absolute Gasteiger partial charge is 0.262 e. The van der Waals surface area contributed by atoms with Crippen LogP contribution in [0.2, 0.25) is 10.0 Å². The van der Waals surface area contributed by atoms with Gasteiger partial charge in [0.15, 0.2) is 0 Å². The third kappa shape index (κ3) is 4.96. The Morgan fingerprint density at radius 1 is 1.39 bits per heavy atom. The molecule has 0 unspecified atom stereocenters. The monoisotopic (exact) mass is 441 g/mol. The molecule has 1 aromatic heterocycles. The third-order valence-corrected chi connectivity index (χ3v) is 6.04. The molecular formula is C19H21Cl2N3O3S. The molecule has 1 heterocycles. The van der Waals surface area contributed by atoms with Crippen molar-refractivity contribution in [3.63, 3.8) is 0 Å². The van der Waals surface area contributed by atoms with Crippen LogP contribution in [0.5, 0.6) is 0 Å². The molecule has 2 aromatic rings. The van der Waals surface area contributed by atoms with E-state index in [9.17, 15) is 10.1 Å². The van der Waals surface area contributed by atoms with Crippen molar-refractivity contribution >= 4 is 45.4 Å². The van der Waals surface area contributed by atoms with Gasteiger partial charge in [-0.3, -0.25) is 4.79 Å². The summed E-state index contributed by atoms with van der Waals surface area (Å²) in [5.41, 5.74) is 1.54. The van der Waals surface area contributed by atoms with Gasteiger partial charge in [0.2, 0.25) is 0 Å². The van der Waals surface area contributed by atoms with Crippen LogP contribution in [-0.2, 0) is 4.74 Å². The molecule has 1 amide bonds. The van der Waals surface area contributed by atoms with Crippen LogP contribution >= 0.6 is 34.5 Å². The fraction of sp³-hybridized carbons (Fsp3) is 0.368. The Morgan fingerprint density at radius 2 is 2.14 bits per heavy atom. The molecule has 0 saturated carbocycles. The Kier molecular flexibility index (Phi) is 8.55. The molecule has 0 atom stereocenters. The number of nitriles is 1. The number of carbonyl (C=O) groups excluding carboxylic acids is 1. The first-order valence-corrected chi connectivity index (χ1v) is 10.2. The van der Waals surface area contributed by atoms with E-state index < -0.39 is 0 Å². The van der Waals surface area contributed by atoms with E-state index in [1.807, 2.05) is 11.8 Å². The number of hydrogen-bond acceptors (Lipinski definition) is 6. The molecule has 28 heavy (non-hydrogen) atoms. The molecule has 2 rings (SSSR count). The van der Waals surface area contributed by atoms with Gasteiger partial charge in [-0.2, -0.15) is 5.26 Å². The number of rotatable bonds is 9. The molecule has 2 N–H and O–H groups in total. The van der Waals surface area contributed by atoms with Crippen LogP contribution in [0, 0.1) is 11.3 Å². The van der Waals surface area contributed by atoms with Gasteiger partial charge in [-0.25, -0.2) is 0 Å². The van der Waals surface area contributed by atoms with Crippen LogP contribution in [0.3, 0.4) is 0 Å². The van der Waals surface area contributed by atoms with Gasteiger partial charge in [0, 0.05) is 32.3 Å². The van der Waals surface area contributed by atoms with Gasteiger partial charge in [-0.05, 0) is 24.6 Å². The minimum atomic E-state index is -0.356. The van der Waals surface area contributed by atoms with E-state index in [0.29, 0.717) is 56.3 Å². The highest BCUT2D eigenvalue weighted by atomic mass is 35.5. The summed E-state index contributed by atoms with van der Waals surface area (Å²) < 4.78 is 5.16. The van der Waals surface area contributed by atoms with Gasteiger partial charge in [-0.15, -0.1) is 11.3 Å². The fourth-order valence-electron chi connectivity index (χ4n) is 2.69. The van der Waals surface area contributed by atoms with Gasteiger partial charge in [0.05, 0.1) is 28.8 Å². The normalized spacial score (nSPS) is 10.6. The van der Waals surface area contributed by atoms with Crippen molar-refractivity contribution < 1.29 is 14.6 Å². The Morgan fingerprint density at radius 3 is 2.71 bits per heavy atom. The summed E-state index contributed by atoms with van der Waals surface area (Å²) in [7, 11) is 1.61. The lowest BCUT2D eigenvalue weighted by molar-refractivity contribution is 0.0949. The Labute approximate surface area is 178 Å². The van der Waals surface area contributed by atoms with E-state index >= 15 is 0 Å². The molecule has 0 fully saturated rings. The molecule has 1 aromatic carbocycles. The number of likely N-dealkylation sites (N-methyl/N-ethyl adjacent to an activating group) is 1.